The highest BCUT2D eigenvalue weighted by molar-refractivity contribution is 5.89. The van der Waals surface area contributed by atoms with E-state index in [1.54, 1.807) is 14.0 Å². The van der Waals surface area contributed by atoms with Crippen molar-refractivity contribution in [1.82, 2.24) is 10.6 Å². The first-order valence-corrected chi connectivity index (χ1v) is 4.35. The Kier molecular flexibility index (Phi) is 5.11. The lowest BCUT2D eigenvalue weighted by Gasteiger charge is -2.20. The van der Waals surface area contributed by atoms with Crippen LogP contribution in [0.25, 0.3) is 0 Å². The molecule has 0 rings (SSSR count). The lowest BCUT2D eigenvalue weighted by atomic mass is 10.1. The molecule has 6 heteroatoms. The van der Waals surface area contributed by atoms with Crippen molar-refractivity contribution in [3.8, 4) is 0 Å². The molecule has 0 aromatic rings. The third kappa shape index (κ3) is 3.71. The summed E-state index contributed by atoms with van der Waals surface area (Å²) in [6.07, 6.45) is -1.000. The van der Waals surface area contributed by atoms with Gasteiger partial charge in [0, 0.05) is 0 Å². The van der Waals surface area contributed by atoms with E-state index in [-0.39, 0.29) is 5.91 Å². The molecule has 0 aromatic carbocycles. The first kappa shape index (κ1) is 12.9. The second kappa shape index (κ2) is 5.56. The van der Waals surface area contributed by atoms with E-state index >= 15 is 0 Å². The second-order valence-electron chi connectivity index (χ2n) is 3.14. The van der Waals surface area contributed by atoms with Crippen LogP contribution in [0.5, 0.6) is 0 Å². The largest absolute Gasteiger partial charge is 0.391 e. The molecule has 0 aliphatic heterocycles. The maximum Gasteiger partial charge on any atom is 0.242 e. The zero-order valence-corrected chi connectivity index (χ0v) is 8.57. The van der Waals surface area contributed by atoms with Gasteiger partial charge in [-0.25, -0.2) is 0 Å². The summed E-state index contributed by atoms with van der Waals surface area (Å²) in [5.74, 6) is -1.13. The Bertz CT molecular complexity index is 218. The van der Waals surface area contributed by atoms with Gasteiger partial charge in [-0.3, -0.25) is 9.59 Å². The zero-order valence-electron chi connectivity index (χ0n) is 8.57. The number of carbonyl (C=O) groups excluding carboxylic acids is 2. The summed E-state index contributed by atoms with van der Waals surface area (Å²) < 4.78 is 0. The monoisotopic (exact) mass is 203 g/mol. The van der Waals surface area contributed by atoms with Gasteiger partial charge >= 0.3 is 0 Å². The Morgan fingerprint density at radius 3 is 2.14 bits per heavy atom. The van der Waals surface area contributed by atoms with E-state index in [4.69, 9.17) is 10.8 Å². The highest BCUT2D eigenvalue weighted by atomic mass is 16.3. The van der Waals surface area contributed by atoms with Crippen LogP contribution in [0.3, 0.4) is 0 Å². The van der Waals surface area contributed by atoms with Crippen LogP contribution in [0.2, 0.25) is 0 Å². The molecule has 2 amide bonds. The number of primary amides is 1. The summed E-state index contributed by atoms with van der Waals surface area (Å²) in [5.41, 5.74) is 4.99. The van der Waals surface area contributed by atoms with E-state index in [1.165, 1.54) is 6.92 Å². The van der Waals surface area contributed by atoms with Crippen LogP contribution < -0.4 is 16.4 Å². The quantitative estimate of drug-likeness (QED) is 0.412. The van der Waals surface area contributed by atoms with E-state index in [9.17, 15) is 9.59 Å². The molecule has 0 aromatic heterocycles. The minimum atomic E-state index is -1.04. The topological polar surface area (TPSA) is 104 Å². The highest BCUT2D eigenvalue weighted by Crippen LogP contribution is 1.93. The van der Waals surface area contributed by atoms with Gasteiger partial charge in [-0.1, -0.05) is 0 Å². The Hall–Kier alpha value is -1.14. The SMILES string of the molecule is CN[C@@H](C)C(=O)N[C@H](C(N)=O)[C@@H](C)O. The van der Waals surface area contributed by atoms with Crippen molar-refractivity contribution in [2.24, 2.45) is 5.73 Å². The molecular weight excluding hydrogens is 186 g/mol. The molecule has 0 unspecified atom stereocenters. The average molecular weight is 203 g/mol. The molecule has 0 heterocycles. The molecule has 0 aliphatic carbocycles. The standard InChI is InChI=1S/C8H17N3O3/c1-4(10-3)8(14)11-6(5(2)12)7(9)13/h4-6,10,12H,1-3H3,(H2,9,13)(H,11,14)/t4-,5+,6-/m0/s1. The molecule has 0 saturated carbocycles. The van der Waals surface area contributed by atoms with Gasteiger partial charge < -0.3 is 21.5 Å². The summed E-state index contributed by atoms with van der Waals surface area (Å²) in [6.45, 7) is 3.02. The summed E-state index contributed by atoms with van der Waals surface area (Å²) in [5, 5.41) is 14.2. The number of nitrogens with one attached hydrogen (secondary N) is 2. The predicted octanol–water partition coefficient (Wildman–Crippen LogP) is -2.05. The molecule has 0 spiro atoms. The highest BCUT2D eigenvalue weighted by Gasteiger charge is 2.24. The van der Waals surface area contributed by atoms with Crippen LogP contribution >= 0.6 is 0 Å². The van der Waals surface area contributed by atoms with Crippen LogP contribution in [0.1, 0.15) is 13.8 Å². The van der Waals surface area contributed by atoms with Crippen molar-refractivity contribution < 1.29 is 14.7 Å². The number of hydrogen-bond acceptors (Lipinski definition) is 4. The van der Waals surface area contributed by atoms with Crippen molar-refractivity contribution in [3.63, 3.8) is 0 Å². The Balaban J connectivity index is 4.31. The van der Waals surface area contributed by atoms with Gasteiger partial charge in [0.2, 0.25) is 11.8 Å². The van der Waals surface area contributed by atoms with Gasteiger partial charge in [0.1, 0.15) is 6.04 Å². The number of likely N-dealkylation sites (N-methyl/N-ethyl adjacent to an activating group) is 1. The Labute approximate surface area is 82.9 Å². The average Bonchev–Trinajstić information content (AvgIpc) is 2.11. The zero-order chi connectivity index (χ0) is 11.3. The van der Waals surface area contributed by atoms with Crippen molar-refractivity contribution >= 4 is 11.8 Å². The van der Waals surface area contributed by atoms with Crippen molar-refractivity contribution in [2.75, 3.05) is 7.05 Å². The molecule has 0 fully saturated rings. The number of hydrogen-bond donors (Lipinski definition) is 4. The molecule has 6 nitrogen and oxygen atoms in total. The second-order valence-corrected chi connectivity index (χ2v) is 3.14. The molecule has 0 radical (unpaired) electrons. The van der Waals surface area contributed by atoms with Crippen molar-refractivity contribution in [2.45, 2.75) is 32.0 Å². The normalized spacial score (nSPS) is 16.9. The lowest BCUT2D eigenvalue weighted by Crippen LogP contribution is -2.54. The maximum absolute atomic E-state index is 11.3. The molecule has 14 heavy (non-hydrogen) atoms. The molecule has 3 atom stereocenters. The maximum atomic E-state index is 11.3. The predicted molar refractivity (Wildman–Crippen MR) is 51.3 cm³/mol. The third-order valence-electron chi connectivity index (χ3n) is 1.91. The van der Waals surface area contributed by atoms with Gasteiger partial charge in [-0.05, 0) is 20.9 Å². The molecule has 5 N–H and O–H groups in total. The summed E-state index contributed by atoms with van der Waals surface area (Å²) in [7, 11) is 1.62. The summed E-state index contributed by atoms with van der Waals surface area (Å²) in [4.78, 5) is 22.1. The van der Waals surface area contributed by atoms with Gasteiger partial charge in [0.25, 0.3) is 0 Å². The Morgan fingerprint density at radius 1 is 1.36 bits per heavy atom. The number of rotatable bonds is 5. The fraction of sp³-hybridized carbons (Fsp3) is 0.750. The van der Waals surface area contributed by atoms with Crippen LogP contribution in [0, 0.1) is 0 Å². The van der Waals surface area contributed by atoms with Crippen molar-refractivity contribution in [1.29, 1.82) is 0 Å². The van der Waals surface area contributed by atoms with E-state index < -0.39 is 24.1 Å². The first-order chi connectivity index (χ1) is 6.40. The number of aliphatic hydroxyl groups is 1. The molecule has 82 valence electrons. The summed E-state index contributed by atoms with van der Waals surface area (Å²) in [6, 6.07) is -1.48. The van der Waals surface area contributed by atoms with Gasteiger partial charge in [-0.15, -0.1) is 0 Å². The minimum Gasteiger partial charge on any atom is -0.391 e. The van der Waals surface area contributed by atoms with Crippen molar-refractivity contribution in [3.05, 3.63) is 0 Å². The first-order valence-electron chi connectivity index (χ1n) is 4.35. The third-order valence-corrected chi connectivity index (χ3v) is 1.91. The number of aliphatic hydroxyl groups excluding tert-OH is 1. The number of nitrogens with two attached hydrogens (primary N) is 1. The van der Waals surface area contributed by atoms with Crippen LogP contribution in [-0.2, 0) is 9.59 Å². The summed E-state index contributed by atoms with van der Waals surface area (Å²) >= 11 is 0. The number of carbonyl (C=O) groups is 2. The van der Waals surface area contributed by atoms with E-state index in [0.29, 0.717) is 0 Å². The van der Waals surface area contributed by atoms with Crippen LogP contribution in [0.4, 0.5) is 0 Å². The van der Waals surface area contributed by atoms with E-state index in [1.807, 2.05) is 0 Å². The Morgan fingerprint density at radius 2 is 1.86 bits per heavy atom. The lowest BCUT2D eigenvalue weighted by molar-refractivity contribution is -0.130. The fourth-order valence-electron chi connectivity index (χ4n) is 0.839. The molecule has 0 bridgehead atoms. The van der Waals surface area contributed by atoms with Crippen LogP contribution in [-0.4, -0.2) is 42.2 Å². The fourth-order valence-corrected chi connectivity index (χ4v) is 0.839. The van der Waals surface area contributed by atoms with Gasteiger partial charge in [-0.2, -0.15) is 0 Å². The van der Waals surface area contributed by atoms with Gasteiger partial charge in [0.15, 0.2) is 0 Å². The molecular formula is C8H17N3O3. The number of amides is 2. The van der Waals surface area contributed by atoms with Gasteiger partial charge in [0.05, 0.1) is 12.1 Å². The molecule has 0 saturated heterocycles. The van der Waals surface area contributed by atoms with E-state index in [0.717, 1.165) is 0 Å². The smallest absolute Gasteiger partial charge is 0.242 e. The van der Waals surface area contributed by atoms with Crippen LogP contribution in [0.15, 0.2) is 0 Å². The molecule has 0 aliphatic rings. The minimum absolute atomic E-state index is 0.378. The van der Waals surface area contributed by atoms with E-state index in [2.05, 4.69) is 10.6 Å².